The Morgan fingerprint density at radius 1 is 1.15 bits per heavy atom. The monoisotopic (exact) mass is 358 g/mol. The summed E-state index contributed by atoms with van der Waals surface area (Å²) >= 11 is 0. The molecule has 1 amide bonds. The number of nitrogens with zero attached hydrogens (tertiary/aromatic N) is 3. The quantitative estimate of drug-likeness (QED) is 0.866. The van der Waals surface area contributed by atoms with Gasteiger partial charge in [-0.15, -0.1) is 0 Å². The third-order valence-corrected chi connectivity index (χ3v) is 6.12. The Labute approximate surface area is 155 Å². The largest absolute Gasteiger partial charge is 0.381 e. The summed E-state index contributed by atoms with van der Waals surface area (Å²) in [7, 11) is 0. The van der Waals surface area contributed by atoms with E-state index < -0.39 is 0 Å². The lowest BCUT2D eigenvalue weighted by Gasteiger charge is -2.36. The highest BCUT2D eigenvalue weighted by Crippen LogP contribution is 2.28. The maximum atomic E-state index is 13.3. The summed E-state index contributed by atoms with van der Waals surface area (Å²) in [5.41, 5.74) is 9.78. The normalized spacial score (nSPS) is 28.0. The van der Waals surface area contributed by atoms with Crippen LogP contribution in [0.1, 0.15) is 42.5 Å². The van der Waals surface area contributed by atoms with Gasteiger partial charge in [-0.1, -0.05) is 0 Å². The molecule has 3 aliphatic heterocycles. The van der Waals surface area contributed by atoms with Crippen LogP contribution in [-0.2, 0) is 22.6 Å². The second-order valence-corrected chi connectivity index (χ2v) is 8.12. The second kappa shape index (κ2) is 7.62. The molecule has 0 spiro atoms. The Bertz CT molecular complexity index is 659. The van der Waals surface area contributed by atoms with E-state index in [0.717, 1.165) is 64.2 Å². The van der Waals surface area contributed by atoms with E-state index >= 15 is 0 Å². The Hall–Kier alpha value is -1.50. The topological polar surface area (TPSA) is 71.7 Å². The molecule has 6 heteroatoms. The van der Waals surface area contributed by atoms with Crippen molar-refractivity contribution >= 4 is 5.91 Å². The molecule has 4 heterocycles. The highest BCUT2D eigenvalue weighted by Gasteiger charge is 2.35. The lowest BCUT2D eigenvalue weighted by atomic mass is 10.00. The molecule has 0 saturated carbocycles. The van der Waals surface area contributed by atoms with E-state index in [4.69, 9.17) is 10.5 Å². The Balaban J connectivity index is 1.45. The Morgan fingerprint density at radius 3 is 2.73 bits per heavy atom. The number of likely N-dealkylation sites (tertiary alicyclic amines) is 1. The van der Waals surface area contributed by atoms with Crippen molar-refractivity contribution in [1.29, 1.82) is 0 Å². The molecular formula is C20H30N4O2. The molecule has 6 nitrogen and oxygen atoms in total. The predicted octanol–water partition coefficient (Wildman–Crippen LogP) is 1.45. The molecule has 0 unspecified atom stereocenters. The molecule has 142 valence electrons. The number of amides is 1. The average Bonchev–Trinajstić information content (AvgIpc) is 2.97. The molecule has 1 aromatic heterocycles. The first-order valence-corrected chi connectivity index (χ1v) is 9.90. The molecule has 2 fully saturated rings. The minimum atomic E-state index is 0.0507. The number of nitrogens with two attached hydrogens (primary N) is 1. The van der Waals surface area contributed by atoms with Gasteiger partial charge in [-0.05, 0) is 49.8 Å². The maximum absolute atomic E-state index is 13.3. The molecule has 4 rings (SSSR count). The zero-order valence-electron chi connectivity index (χ0n) is 15.7. The van der Waals surface area contributed by atoms with Crippen molar-refractivity contribution < 1.29 is 9.53 Å². The van der Waals surface area contributed by atoms with E-state index in [1.54, 1.807) is 0 Å². The first-order chi connectivity index (χ1) is 12.6. The van der Waals surface area contributed by atoms with Gasteiger partial charge >= 0.3 is 0 Å². The fourth-order valence-electron chi connectivity index (χ4n) is 4.62. The Morgan fingerprint density at radius 2 is 1.92 bits per heavy atom. The van der Waals surface area contributed by atoms with Crippen molar-refractivity contribution in [2.24, 2.45) is 11.7 Å². The maximum Gasteiger partial charge on any atom is 0.227 e. The molecule has 26 heavy (non-hydrogen) atoms. The third-order valence-electron chi connectivity index (χ3n) is 6.12. The summed E-state index contributed by atoms with van der Waals surface area (Å²) in [5.74, 6) is 0.333. The summed E-state index contributed by atoms with van der Waals surface area (Å²) in [6.07, 6.45) is 5.85. The minimum absolute atomic E-state index is 0.0507. The molecule has 0 bridgehead atoms. The lowest BCUT2D eigenvalue weighted by molar-refractivity contribution is -0.137. The fraction of sp³-hybridized carbons (Fsp3) is 0.700. The number of pyridine rings is 1. The van der Waals surface area contributed by atoms with Crippen LogP contribution >= 0.6 is 0 Å². The van der Waals surface area contributed by atoms with Crippen LogP contribution in [0.3, 0.4) is 0 Å². The van der Waals surface area contributed by atoms with E-state index in [1.165, 1.54) is 11.1 Å². The van der Waals surface area contributed by atoms with E-state index in [2.05, 4.69) is 16.0 Å². The van der Waals surface area contributed by atoms with Crippen LogP contribution in [0.4, 0.5) is 0 Å². The molecule has 0 radical (unpaired) electrons. The highest BCUT2D eigenvalue weighted by atomic mass is 16.5. The van der Waals surface area contributed by atoms with Crippen LogP contribution in [0.5, 0.6) is 0 Å². The fourth-order valence-corrected chi connectivity index (χ4v) is 4.62. The molecule has 1 aromatic rings. The number of ether oxygens (including phenoxy) is 1. The van der Waals surface area contributed by atoms with Crippen molar-refractivity contribution in [1.82, 2.24) is 14.8 Å². The second-order valence-electron chi connectivity index (χ2n) is 8.12. The molecule has 2 saturated heterocycles. The number of hydrogen-bond acceptors (Lipinski definition) is 5. The summed E-state index contributed by atoms with van der Waals surface area (Å²) in [4.78, 5) is 22.1. The van der Waals surface area contributed by atoms with Gasteiger partial charge in [-0.3, -0.25) is 14.7 Å². The van der Waals surface area contributed by atoms with Gasteiger partial charge in [0.2, 0.25) is 5.91 Å². The summed E-state index contributed by atoms with van der Waals surface area (Å²) in [6, 6.07) is 2.78. The number of aryl methyl sites for hydroxylation is 1. The van der Waals surface area contributed by atoms with Gasteiger partial charge in [0.1, 0.15) is 0 Å². The van der Waals surface area contributed by atoms with E-state index in [-0.39, 0.29) is 17.9 Å². The summed E-state index contributed by atoms with van der Waals surface area (Å²) < 4.78 is 5.51. The lowest BCUT2D eigenvalue weighted by Crippen LogP contribution is -2.47. The number of carbonyl (C=O) groups is 1. The van der Waals surface area contributed by atoms with Gasteiger partial charge in [0, 0.05) is 63.4 Å². The predicted molar refractivity (Wildman–Crippen MR) is 99.3 cm³/mol. The number of fused-ring (bicyclic) bond motifs is 1. The van der Waals surface area contributed by atoms with Gasteiger partial charge in [0.15, 0.2) is 0 Å². The number of hydrogen-bond donors (Lipinski definition) is 1. The van der Waals surface area contributed by atoms with E-state index in [9.17, 15) is 4.79 Å². The van der Waals surface area contributed by atoms with Crippen LogP contribution in [0.2, 0.25) is 0 Å². The number of rotatable bonds is 2. The molecule has 2 N–H and O–H groups in total. The van der Waals surface area contributed by atoms with E-state index in [0.29, 0.717) is 12.6 Å². The third kappa shape index (κ3) is 3.77. The van der Waals surface area contributed by atoms with Crippen molar-refractivity contribution in [2.75, 3.05) is 26.3 Å². The van der Waals surface area contributed by atoms with Crippen LogP contribution in [-0.4, -0.2) is 59.1 Å². The van der Waals surface area contributed by atoms with Crippen LogP contribution in [0, 0.1) is 12.8 Å². The molecular weight excluding hydrogens is 328 g/mol. The van der Waals surface area contributed by atoms with Crippen molar-refractivity contribution in [3.63, 3.8) is 0 Å². The summed E-state index contributed by atoms with van der Waals surface area (Å²) in [6.45, 7) is 6.80. The van der Waals surface area contributed by atoms with Crippen molar-refractivity contribution in [3.05, 3.63) is 29.1 Å². The first kappa shape index (κ1) is 17.9. The highest BCUT2D eigenvalue weighted by molar-refractivity contribution is 5.79. The summed E-state index contributed by atoms with van der Waals surface area (Å²) in [5, 5.41) is 0. The minimum Gasteiger partial charge on any atom is -0.381 e. The zero-order chi connectivity index (χ0) is 18.1. The molecule has 2 atom stereocenters. The van der Waals surface area contributed by atoms with Crippen LogP contribution in [0.15, 0.2) is 12.3 Å². The van der Waals surface area contributed by atoms with E-state index in [1.807, 2.05) is 18.0 Å². The van der Waals surface area contributed by atoms with Gasteiger partial charge < -0.3 is 15.4 Å². The average molecular weight is 358 g/mol. The standard InChI is InChI=1S/C20H30N4O2/c1-14-8-16-11-24(12-17(16)9-22-14)20(25)15-2-3-18(21)13-23(10-15)19-4-6-26-7-5-19/h8-9,15,18-19H,2-7,10-13,21H2,1H3/t15-,18+/m1/s1. The Kier molecular flexibility index (Phi) is 5.25. The first-order valence-electron chi connectivity index (χ1n) is 9.90. The number of aromatic nitrogens is 1. The SMILES string of the molecule is Cc1cc2c(cn1)CN(C(=O)[C@@H]1CC[C@H](N)CN(C3CCOCC3)C1)C2. The smallest absolute Gasteiger partial charge is 0.227 e. The molecule has 3 aliphatic rings. The molecule has 0 aliphatic carbocycles. The van der Waals surface area contributed by atoms with Crippen LogP contribution < -0.4 is 5.73 Å². The molecule has 0 aromatic carbocycles. The number of carbonyl (C=O) groups excluding carboxylic acids is 1. The van der Waals surface area contributed by atoms with Crippen molar-refractivity contribution in [3.8, 4) is 0 Å². The van der Waals surface area contributed by atoms with Crippen molar-refractivity contribution in [2.45, 2.75) is 57.8 Å². The van der Waals surface area contributed by atoms with Gasteiger partial charge in [0.25, 0.3) is 0 Å². The zero-order valence-corrected chi connectivity index (χ0v) is 15.7. The van der Waals surface area contributed by atoms with Gasteiger partial charge in [-0.25, -0.2) is 0 Å². The van der Waals surface area contributed by atoms with Crippen LogP contribution in [0.25, 0.3) is 0 Å². The van der Waals surface area contributed by atoms with Gasteiger partial charge in [-0.2, -0.15) is 0 Å². The van der Waals surface area contributed by atoms with Gasteiger partial charge in [0.05, 0.1) is 5.92 Å².